The van der Waals surface area contributed by atoms with E-state index in [1.54, 1.807) is 0 Å². The quantitative estimate of drug-likeness (QED) is 0.601. The lowest BCUT2D eigenvalue weighted by molar-refractivity contribution is 0.590. The normalized spacial score (nSPS) is 11.1. The van der Waals surface area contributed by atoms with Crippen LogP contribution in [0.5, 0.6) is 0 Å². The Morgan fingerprint density at radius 1 is 1.00 bits per heavy atom. The summed E-state index contributed by atoms with van der Waals surface area (Å²) in [6, 6.07) is 7.69. The minimum Gasteiger partial charge on any atom is -0.225 e. The number of nitrogens with zero attached hydrogens (tertiary/aromatic N) is 2. The Bertz CT molecular complexity index is 863. The maximum Gasteiger partial charge on any atom is 0.161 e. The van der Waals surface area contributed by atoms with Gasteiger partial charge in [0.05, 0.1) is 0 Å². The van der Waals surface area contributed by atoms with Gasteiger partial charge in [-0.2, -0.15) is 0 Å². The number of rotatable bonds is 1. The molecule has 0 aliphatic rings. The van der Waals surface area contributed by atoms with Crippen molar-refractivity contribution in [2.75, 3.05) is 0 Å². The summed E-state index contributed by atoms with van der Waals surface area (Å²) >= 11 is 6.06. The van der Waals surface area contributed by atoms with Crippen molar-refractivity contribution in [3.05, 3.63) is 58.2 Å². The lowest BCUT2D eigenvalue weighted by Crippen LogP contribution is -1.97. The fourth-order valence-electron chi connectivity index (χ4n) is 2.31. The van der Waals surface area contributed by atoms with Crippen molar-refractivity contribution in [3.8, 4) is 11.4 Å². The van der Waals surface area contributed by atoms with E-state index in [0.717, 1.165) is 28.8 Å². The average Bonchev–Trinajstić information content (AvgIpc) is 2.40. The van der Waals surface area contributed by atoms with Crippen LogP contribution in [0.3, 0.4) is 0 Å². The number of hydrogen-bond acceptors (Lipinski definition) is 2. The molecule has 21 heavy (non-hydrogen) atoms. The Labute approximate surface area is 125 Å². The van der Waals surface area contributed by atoms with Gasteiger partial charge in [0, 0.05) is 17.0 Å². The van der Waals surface area contributed by atoms with Gasteiger partial charge in [0.25, 0.3) is 0 Å². The first-order valence-electron chi connectivity index (χ1n) is 6.35. The Kier molecular flexibility index (Phi) is 3.33. The third-order valence-corrected chi connectivity index (χ3v) is 3.58. The molecule has 2 aromatic carbocycles. The Morgan fingerprint density at radius 2 is 1.76 bits per heavy atom. The summed E-state index contributed by atoms with van der Waals surface area (Å²) in [5.41, 5.74) is 2.86. The van der Waals surface area contributed by atoms with Crippen LogP contribution in [-0.4, -0.2) is 9.97 Å². The van der Waals surface area contributed by atoms with E-state index in [9.17, 15) is 8.78 Å². The van der Waals surface area contributed by atoms with Gasteiger partial charge in [0.15, 0.2) is 11.6 Å². The first-order chi connectivity index (χ1) is 9.95. The largest absolute Gasteiger partial charge is 0.225 e. The Hall–Kier alpha value is -2.07. The van der Waals surface area contributed by atoms with Gasteiger partial charge in [-0.05, 0) is 25.5 Å². The Balaban J connectivity index is 2.30. The van der Waals surface area contributed by atoms with Crippen LogP contribution in [0.4, 0.5) is 8.78 Å². The SMILES string of the molecule is Cc1ccc(-c2nc(Cl)c3cc(F)cc(F)c3n2)c(C)c1. The molecule has 0 radical (unpaired) electrons. The molecule has 0 bridgehead atoms. The van der Waals surface area contributed by atoms with Gasteiger partial charge >= 0.3 is 0 Å². The zero-order valence-electron chi connectivity index (χ0n) is 11.4. The standard InChI is InChI=1S/C16H11ClF2N2/c1-8-3-4-11(9(2)5-8)16-20-14-12(15(17)21-16)6-10(18)7-13(14)19/h3-7H,1-2H3. The van der Waals surface area contributed by atoms with Crippen LogP contribution < -0.4 is 0 Å². The number of aromatic nitrogens is 2. The number of hydrogen-bond donors (Lipinski definition) is 0. The molecule has 0 unspecified atom stereocenters. The molecular weight excluding hydrogens is 294 g/mol. The summed E-state index contributed by atoms with van der Waals surface area (Å²) in [7, 11) is 0. The zero-order chi connectivity index (χ0) is 15.1. The van der Waals surface area contributed by atoms with Crippen LogP contribution >= 0.6 is 11.6 Å². The average molecular weight is 305 g/mol. The molecular formula is C16H11ClF2N2. The van der Waals surface area contributed by atoms with Gasteiger partial charge in [-0.15, -0.1) is 0 Å². The highest BCUT2D eigenvalue weighted by Crippen LogP contribution is 2.28. The number of benzene rings is 2. The van der Waals surface area contributed by atoms with Crippen LogP contribution in [0.25, 0.3) is 22.3 Å². The van der Waals surface area contributed by atoms with E-state index < -0.39 is 11.6 Å². The van der Waals surface area contributed by atoms with Crippen LogP contribution in [0.2, 0.25) is 5.15 Å². The number of aryl methyl sites for hydroxylation is 2. The second-order valence-corrected chi connectivity index (χ2v) is 5.30. The van der Waals surface area contributed by atoms with Gasteiger partial charge in [0.1, 0.15) is 16.5 Å². The third kappa shape index (κ3) is 2.47. The topological polar surface area (TPSA) is 25.8 Å². The first kappa shape index (κ1) is 13.9. The molecule has 3 aromatic rings. The molecule has 0 aliphatic heterocycles. The predicted molar refractivity (Wildman–Crippen MR) is 79.4 cm³/mol. The summed E-state index contributed by atoms with van der Waals surface area (Å²) in [5, 5.41) is 0.205. The molecule has 0 N–H and O–H groups in total. The lowest BCUT2D eigenvalue weighted by Gasteiger charge is -2.08. The first-order valence-corrected chi connectivity index (χ1v) is 6.73. The maximum atomic E-state index is 13.9. The molecule has 0 saturated heterocycles. The predicted octanol–water partition coefficient (Wildman–Crippen LogP) is 4.85. The van der Waals surface area contributed by atoms with Crippen LogP contribution in [-0.2, 0) is 0 Å². The van der Waals surface area contributed by atoms with Crippen molar-refractivity contribution in [1.82, 2.24) is 9.97 Å². The monoisotopic (exact) mass is 304 g/mol. The molecule has 0 fully saturated rings. The Morgan fingerprint density at radius 3 is 2.48 bits per heavy atom. The lowest BCUT2D eigenvalue weighted by atomic mass is 10.1. The van der Waals surface area contributed by atoms with Crippen molar-refractivity contribution in [3.63, 3.8) is 0 Å². The summed E-state index contributed by atoms with van der Waals surface area (Å²) in [4.78, 5) is 8.37. The van der Waals surface area contributed by atoms with Gasteiger partial charge in [-0.1, -0.05) is 35.4 Å². The summed E-state index contributed by atoms with van der Waals surface area (Å²) in [5.74, 6) is -1.12. The van der Waals surface area contributed by atoms with Gasteiger partial charge in [-0.3, -0.25) is 0 Å². The van der Waals surface area contributed by atoms with Crippen LogP contribution in [0.15, 0.2) is 30.3 Å². The van der Waals surface area contributed by atoms with E-state index in [1.165, 1.54) is 0 Å². The number of fused-ring (bicyclic) bond motifs is 1. The summed E-state index contributed by atoms with van der Waals surface area (Å²) < 4.78 is 27.2. The van der Waals surface area contributed by atoms with E-state index in [4.69, 9.17) is 11.6 Å². The molecule has 0 atom stereocenters. The number of halogens is 3. The molecule has 1 aromatic heterocycles. The fourth-order valence-corrected chi connectivity index (χ4v) is 2.53. The molecule has 1 heterocycles. The molecule has 5 heteroatoms. The summed E-state index contributed by atoms with van der Waals surface area (Å²) in [6.07, 6.45) is 0. The van der Waals surface area contributed by atoms with E-state index in [-0.39, 0.29) is 16.1 Å². The van der Waals surface area contributed by atoms with Crippen molar-refractivity contribution < 1.29 is 8.78 Å². The minimum absolute atomic E-state index is 0.0198. The van der Waals surface area contributed by atoms with E-state index >= 15 is 0 Å². The smallest absolute Gasteiger partial charge is 0.161 e. The van der Waals surface area contributed by atoms with E-state index in [1.807, 2.05) is 32.0 Å². The van der Waals surface area contributed by atoms with Gasteiger partial charge in [0.2, 0.25) is 0 Å². The van der Waals surface area contributed by atoms with Gasteiger partial charge < -0.3 is 0 Å². The van der Waals surface area contributed by atoms with Crippen LogP contribution in [0.1, 0.15) is 11.1 Å². The van der Waals surface area contributed by atoms with Crippen molar-refractivity contribution >= 4 is 22.5 Å². The highest BCUT2D eigenvalue weighted by molar-refractivity contribution is 6.34. The molecule has 0 amide bonds. The molecule has 3 rings (SSSR count). The minimum atomic E-state index is -0.750. The van der Waals surface area contributed by atoms with Crippen molar-refractivity contribution in [2.24, 2.45) is 0 Å². The maximum absolute atomic E-state index is 13.9. The molecule has 0 saturated carbocycles. The highest BCUT2D eigenvalue weighted by atomic mass is 35.5. The second kappa shape index (κ2) is 5.04. The second-order valence-electron chi connectivity index (χ2n) is 4.94. The van der Waals surface area contributed by atoms with E-state index in [0.29, 0.717) is 5.82 Å². The summed E-state index contributed by atoms with van der Waals surface area (Å²) in [6.45, 7) is 3.90. The zero-order valence-corrected chi connectivity index (χ0v) is 12.2. The molecule has 2 nitrogen and oxygen atoms in total. The molecule has 0 spiro atoms. The molecule has 0 aliphatic carbocycles. The fraction of sp³-hybridized carbons (Fsp3) is 0.125. The van der Waals surface area contributed by atoms with E-state index in [2.05, 4.69) is 9.97 Å². The highest BCUT2D eigenvalue weighted by Gasteiger charge is 2.14. The van der Waals surface area contributed by atoms with Crippen molar-refractivity contribution in [2.45, 2.75) is 13.8 Å². The van der Waals surface area contributed by atoms with Crippen molar-refractivity contribution in [1.29, 1.82) is 0 Å². The third-order valence-electron chi connectivity index (χ3n) is 3.30. The van der Waals surface area contributed by atoms with Crippen LogP contribution in [0, 0.1) is 25.5 Å². The molecule has 106 valence electrons. The van der Waals surface area contributed by atoms with Gasteiger partial charge in [-0.25, -0.2) is 18.7 Å².